The third-order valence-corrected chi connectivity index (χ3v) is 3.06. The smallest absolute Gasteiger partial charge is 0.312 e. The molecule has 1 atom stereocenters. The van der Waals surface area contributed by atoms with Crippen LogP contribution >= 0.6 is 0 Å². The predicted octanol–water partition coefficient (Wildman–Crippen LogP) is -0.553. The molecule has 0 saturated heterocycles. The maximum absolute atomic E-state index is 11.3. The molecule has 1 amide bonds. The normalized spacial score (nSPS) is 12.2. The van der Waals surface area contributed by atoms with E-state index in [9.17, 15) is 20.0 Å². The Labute approximate surface area is 122 Å². The average Bonchev–Trinajstić information content (AvgIpc) is 2.63. The third-order valence-electron chi connectivity index (χ3n) is 3.06. The van der Waals surface area contributed by atoms with Gasteiger partial charge in [0, 0.05) is 20.6 Å². The standard InChI is InChI=1S/C12H21N5O4/c1-8-12(17(20)21)9(2)16(14-8)7-10(18)5-13-6-11(19)15(3)4/h10,13,18H,5-7H2,1-4H3. The summed E-state index contributed by atoms with van der Waals surface area (Å²) in [5.74, 6) is -0.0936. The molecule has 1 rings (SSSR count). The summed E-state index contributed by atoms with van der Waals surface area (Å²) < 4.78 is 1.41. The maximum atomic E-state index is 11.3. The Balaban J connectivity index is 2.56. The second-order valence-electron chi connectivity index (χ2n) is 5.03. The number of nitrogens with one attached hydrogen (secondary N) is 1. The lowest BCUT2D eigenvalue weighted by Gasteiger charge is -2.14. The van der Waals surface area contributed by atoms with Crippen LogP contribution in [0.5, 0.6) is 0 Å². The van der Waals surface area contributed by atoms with Gasteiger partial charge in [0.2, 0.25) is 5.91 Å². The number of aromatic nitrogens is 2. The molecular formula is C12H21N5O4. The Morgan fingerprint density at radius 1 is 1.52 bits per heavy atom. The third kappa shape index (κ3) is 4.50. The zero-order valence-corrected chi connectivity index (χ0v) is 12.7. The number of carbonyl (C=O) groups is 1. The quantitative estimate of drug-likeness (QED) is 0.516. The summed E-state index contributed by atoms with van der Waals surface area (Å²) in [5, 5.41) is 27.7. The number of aliphatic hydroxyl groups is 1. The van der Waals surface area contributed by atoms with Crippen molar-refractivity contribution in [2.45, 2.75) is 26.5 Å². The van der Waals surface area contributed by atoms with Crippen LogP contribution in [0.1, 0.15) is 11.4 Å². The Bertz CT molecular complexity index is 526. The second-order valence-corrected chi connectivity index (χ2v) is 5.03. The van der Waals surface area contributed by atoms with Crippen molar-refractivity contribution in [3.05, 3.63) is 21.5 Å². The van der Waals surface area contributed by atoms with E-state index in [1.165, 1.54) is 9.58 Å². The van der Waals surface area contributed by atoms with E-state index in [2.05, 4.69) is 10.4 Å². The van der Waals surface area contributed by atoms with Crippen LogP contribution in [-0.2, 0) is 11.3 Å². The van der Waals surface area contributed by atoms with Crippen molar-refractivity contribution in [1.29, 1.82) is 0 Å². The molecule has 0 aromatic carbocycles. The highest BCUT2D eigenvalue weighted by Gasteiger charge is 2.22. The van der Waals surface area contributed by atoms with Crippen molar-refractivity contribution < 1.29 is 14.8 Å². The molecule has 1 heterocycles. The fourth-order valence-electron chi connectivity index (χ4n) is 1.90. The van der Waals surface area contributed by atoms with E-state index in [0.717, 1.165) is 0 Å². The van der Waals surface area contributed by atoms with E-state index < -0.39 is 11.0 Å². The van der Waals surface area contributed by atoms with Gasteiger partial charge in [-0.3, -0.25) is 19.6 Å². The molecule has 0 aliphatic carbocycles. The largest absolute Gasteiger partial charge is 0.390 e. The Hall–Kier alpha value is -2.00. The predicted molar refractivity (Wildman–Crippen MR) is 75.9 cm³/mol. The number of carbonyl (C=O) groups excluding carboxylic acids is 1. The van der Waals surface area contributed by atoms with Crippen LogP contribution in [0.15, 0.2) is 0 Å². The number of rotatable bonds is 7. The van der Waals surface area contributed by atoms with Crippen LogP contribution in [0.3, 0.4) is 0 Å². The van der Waals surface area contributed by atoms with E-state index >= 15 is 0 Å². The van der Waals surface area contributed by atoms with Gasteiger partial charge in [0.1, 0.15) is 11.4 Å². The minimum atomic E-state index is -0.794. The summed E-state index contributed by atoms with van der Waals surface area (Å²) in [6.45, 7) is 3.60. The summed E-state index contributed by atoms with van der Waals surface area (Å²) in [7, 11) is 3.30. The number of likely N-dealkylation sites (N-methyl/N-ethyl adjacent to an activating group) is 1. The molecule has 0 fully saturated rings. The van der Waals surface area contributed by atoms with Crippen LogP contribution in [0, 0.1) is 24.0 Å². The first-order valence-electron chi connectivity index (χ1n) is 6.51. The summed E-state index contributed by atoms with van der Waals surface area (Å²) in [5.41, 5.74) is 0.694. The van der Waals surface area contributed by atoms with Gasteiger partial charge in [0.15, 0.2) is 0 Å². The molecule has 21 heavy (non-hydrogen) atoms. The molecule has 1 aromatic heterocycles. The van der Waals surface area contributed by atoms with Gasteiger partial charge in [-0.15, -0.1) is 0 Å². The number of nitrogens with zero attached hydrogens (tertiary/aromatic N) is 4. The lowest BCUT2D eigenvalue weighted by Crippen LogP contribution is -2.38. The van der Waals surface area contributed by atoms with Crippen LogP contribution in [0.4, 0.5) is 5.69 Å². The fourth-order valence-corrected chi connectivity index (χ4v) is 1.90. The summed E-state index contributed by atoms with van der Waals surface area (Å²) in [6, 6.07) is 0. The van der Waals surface area contributed by atoms with Gasteiger partial charge < -0.3 is 15.3 Å². The first-order chi connectivity index (χ1) is 9.73. The van der Waals surface area contributed by atoms with Gasteiger partial charge in [-0.1, -0.05) is 0 Å². The average molecular weight is 299 g/mol. The summed E-state index contributed by atoms with van der Waals surface area (Å²) >= 11 is 0. The van der Waals surface area contributed by atoms with Crippen LogP contribution in [0.25, 0.3) is 0 Å². The minimum Gasteiger partial charge on any atom is -0.390 e. The molecular weight excluding hydrogens is 278 g/mol. The molecule has 1 aromatic rings. The number of nitro groups is 1. The number of hydrogen-bond donors (Lipinski definition) is 2. The number of amides is 1. The number of aliphatic hydroxyl groups excluding tert-OH is 1. The summed E-state index contributed by atoms with van der Waals surface area (Å²) in [4.78, 5) is 23.2. The van der Waals surface area contributed by atoms with Crippen molar-refractivity contribution >= 4 is 11.6 Å². The van der Waals surface area contributed by atoms with Crippen molar-refractivity contribution in [3.8, 4) is 0 Å². The van der Waals surface area contributed by atoms with E-state index in [-0.39, 0.29) is 31.2 Å². The summed E-state index contributed by atoms with van der Waals surface area (Å²) in [6.07, 6.45) is -0.794. The molecule has 1 unspecified atom stereocenters. The molecule has 0 radical (unpaired) electrons. The molecule has 9 nitrogen and oxygen atoms in total. The van der Waals surface area contributed by atoms with Gasteiger partial charge in [-0.25, -0.2) is 0 Å². The fraction of sp³-hybridized carbons (Fsp3) is 0.667. The minimum absolute atomic E-state index is 0.0297. The molecule has 2 N–H and O–H groups in total. The van der Waals surface area contributed by atoms with Crippen LogP contribution < -0.4 is 5.32 Å². The highest BCUT2D eigenvalue weighted by Crippen LogP contribution is 2.21. The molecule has 0 bridgehead atoms. The highest BCUT2D eigenvalue weighted by atomic mass is 16.6. The SMILES string of the molecule is Cc1nn(CC(O)CNCC(=O)N(C)C)c(C)c1[N+](=O)[O-]. The molecule has 0 saturated carbocycles. The van der Waals surface area contributed by atoms with Gasteiger partial charge >= 0.3 is 5.69 Å². The van der Waals surface area contributed by atoms with Gasteiger partial charge in [0.05, 0.1) is 24.1 Å². The van der Waals surface area contributed by atoms with Crippen LogP contribution in [0.2, 0.25) is 0 Å². The molecule has 0 aliphatic rings. The van der Waals surface area contributed by atoms with Crippen molar-refractivity contribution in [2.24, 2.45) is 0 Å². The van der Waals surface area contributed by atoms with E-state index in [1.54, 1.807) is 27.9 Å². The van der Waals surface area contributed by atoms with Crippen molar-refractivity contribution in [3.63, 3.8) is 0 Å². The maximum Gasteiger partial charge on any atom is 0.312 e. The Morgan fingerprint density at radius 2 is 2.14 bits per heavy atom. The monoisotopic (exact) mass is 299 g/mol. The topological polar surface area (TPSA) is 114 Å². The van der Waals surface area contributed by atoms with Gasteiger partial charge in [-0.2, -0.15) is 5.10 Å². The first-order valence-corrected chi connectivity index (χ1v) is 6.51. The van der Waals surface area contributed by atoms with E-state index in [0.29, 0.717) is 11.4 Å². The lowest BCUT2D eigenvalue weighted by atomic mass is 10.3. The zero-order valence-electron chi connectivity index (χ0n) is 12.7. The molecule has 9 heteroatoms. The van der Waals surface area contributed by atoms with Gasteiger partial charge in [0.25, 0.3) is 0 Å². The van der Waals surface area contributed by atoms with Crippen molar-refractivity contribution in [2.75, 3.05) is 27.2 Å². The Morgan fingerprint density at radius 3 is 2.62 bits per heavy atom. The lowest BCUT2D eigenvalue weighted by molar-refractivity contribution is -0.386. The molecule has 118 valence electrons. The second kappa shape index (κ2) is 7.14. The van der Waals surface area contributed by atoms with E-state index in [1.807, 2.05) is 0 Å². The van der Waals surface area contributed by atoms with E-state index in [4.69, 9.17) is 0 Å². The van der Waals surface area contributed by atoms with Gasteiger partial charge in [-0.05, 0) is 13.8 Å². The number of aryl methyl sites for hydroxylation is 1. The Kier molecular flexibility index (Phi) is 5.79. The highest BCUT2D eigenvalue weighted by molar-refractivity contribution is 5.77. The van der Waals surface area contributed by atoms with Crippen molar-refractivity contribution in [1.82, 2.24) is 20.0 Å². The number of hydrogen-bond acceptors (Lipinski definition) is 6. The first kappa shape index (κ1) is 17.1. The zero-order chi connectivity index (χ0) is 16.2. The molecule has 0 spiro atoms. The van der Waals surface area contributed by atoms with Crippen LogP contribution in [-0.4, -0.2) is 63.9 Å². The molecule has 0 aliphatic heterocycles.